The minimum Gasteiger partial charge on any atom is -0.397 e. The van der Waals surface area contributed by atoms with Crippen LogP contribution in [0.2, 0.25) is 0 Å². The number of thiophene rings is 1. The molecule has 0 aromatic carbocycles. The summed E-state index contributed by atoms with van der Waals surface area (Å²) in [6.45, 7) is 0.764. The van der Waals surface area contributed by atoms with Gasteiger partial charge in [-0.1, -0.05) is 0 Å². The van der Waals surface area contributed by atoms with Gasteiger partial charge in [0.25, 0.3) is 5.91 Å². The van der Waals surface area contributed by atoms with E-state index in [2.05, 4.69) is 10.3 Å². The van der Waals surface area contributed by atoms with Gasteiger partial charge in [0.2, 0.25) is 0 Å². The van der Waals surface area contributed by atoms with Crippen LogP contribution in [0.15, 0.2) is 18.3 Å². The van der Waals surface area contributed by atoms with Crippen molar-refractivity contribution in [2.75, 3.05) is 12.3 Å². The fourth-order valence-electron chi connectivity index (χ4n) is 1.76. The Balaban J connectivity index is 1.87. The molecular formula is C12H13N3OS. The maximum absolute atomic E-state index is 12.0. The highest BCUT2D eigenvalue weighted by Crippen LogP contribution is 2.32. The molecule has 3 N–H and O–H groups in total. The lowest BCUT2D eigenvalue weighted by atomic mass is 10.2. The van der Waals surface area contributed by atoms with Crippen LogP contribution in [0, 0.1) is 5.92 Å². The van der Waals surface area contributed by atoms with E-state index in [1.54, 1.807) is 6.20 Å². The molecule has 1 fully saturated rings. The van der Waals surface area contributed by atoms with Gasteiger partial charge in [-0.3, -0.25) is 4.79 Å². The molecule has 0 unspecified atom stereocenters. The zero-order valence-corrected chi connectivity index (χ0v) is 10.1. The summed E-state index contributed by atoms with van der Waals surface area (Å²) < 4.78 is 0. The molecule has 0 radical (unpaired) electrons. The van der Waals surface area contributed by atoms with Gasteiger partial charge >= 0.3 is 0 Å². The first-order chi connectivity index (χ1) is 8.25. The maximum atomic E-state index is 12.0. The number of nitrogen functional groups attached to an aromatic ring is 1. The standard InChI is InChI=1S/C12H13N3OS/c13-9-8-2-1-5-14-12(8)17-10(9)11(16)15-6-7-3-4-7/h1-2,5,7H,3-4,6,13H2,(H,15,16). The second kappa shape index (κ2) is 4.00. The van der Waals surface area contributed by atoms with Crippen LogP contribution < -0.4 is 11.1 Å². The third-order valence-electron chi connectivity index (χ3n) is 2.96. The molecule has 0 atom stereocenters. The van der Waals surface area contributed by atoms with Gasteiger partial charge in [-0.05, 0) is 30.9 Å². The lowest BCUT2D eigenvalue weighted by Gasteiger charge is -2.02. The molecule has 2 aromatic rings. The fourth-order valence-corrected chi connectivity index (χ4v) is 2.74. The van der Waals surface area contributed by atoms with E-state index >= 15 is 0 Å². The van der Waals surface area contributed by atoms with Crippen LogP contribution in [0.25, 0.3) is 10.2 Å². The first-order valence-electron chi connectivity index (χ1n) is 5.67. The Morgan fingerprint density at radius 3 is 3.12 bits per heavy atom. The van der Waals surface area contributed by atoms with Crippen molar-refractivity contribution < 1.29 is 4.79 Å². The van der Waals surface area contributed by atoms with Crippen molar-refractivity contribution in [1.82, 2.24) is 10.3 Å². The van der Waals surface area contributed by atoms with Crippen LogP contribution in [-0.4, -0.2) is 17.4 Å². The first kappa shape index (κ1) is 10.5. The largest absolute Gasteiger partial charge is 0.397 e. The van der Waals surface area contributed by atoms with Gasteiger partial charge < -0.3 is 11.1 Å². The third kappa shape index (κ3) is 1.98. The number of carbonyl (C=O) groups is 1. The minimum absolute atomic E-state index is 0.0719. The Kier molecular flexibility index (Phi) is 2.48. The van der Waals surface area contributed by atoms with Crippen molar-refractivity contribution in [3.05, 3.63) is 23.2 Å². The number of rotatable bonds is 3. The van der Waals surface area contributed by atoms with E-state index in [9.17, 15) is 4.79 Å². The zero-order valence-electron chi connectivity index (χ0n) is 9.27. The van der Waals surface area contributed by atoms with Crippen molar-refractivity contribution in [3.63, 3.8) is 0 Å². The number of pyridine rings is 1. The predicted molar refractivity (Wildman–Crippen MR) is 69.1 cm³/mol. The molecule has 2 aromatic heterocycles. The highest BCUT2D eigenvalue weighted by molar-refractivity contribution is 7.21. The molecule has 0 saturated heterocycles. The number of fused-ring (bicyclic) bond motifs is 1. The van der Waals surface area contributed by atoms with E-state index in [4.69, 9.17) is 5.73 Å². The third-order valence-corrected chi connectivity index (χ3v) is 4.09. The summed E-state index contributed by atoms with van der Waals surface area (Å²) in [5.74, 6) is 0.602. The number of carbonyl (C=O) groups excluding carboxylic acids is 1. The summed E-state index contributed by atoms with van der Waals surface area (Å²) in [5.41, 5.74) is 6.52. The molecule has 88 valence electrons. The second-order valence-corrected chi connectivity index (χ2v) is 5.35. The van der Waals surface area contributed by atoms with Crippen molar-refractivity contribution in [2.24, 2.45) is 5.92 Å². The summed E-state index contributed by atoms with van der Waals surface area (Å²) in [6, 6.07) is 3.73. The Morgan fingerprint density at radius 1 is 1.59 bits per heavy atom. The first-order valence-corrected chi connectivity index (χ1v) is 6.48. The fraction of sp³-hybridized carbons (Fsp3) is 0.333. The smallest absolute Gasteiger partial charge is 0.263 e. The van der Waals surface area contributed by atoms with Gasteiger partial charge in [0.15, 0.2) is 0 Å². The number of anilines is 1. The molecule has 5 heteroatoms. The SMILES string of the molecule is Nc1c(C(=O)NCC2CC2)sc2ncccc12. The van der Waals surface area contributed by atoms with Crippen molar-refractivity contribution in [1.29, 1.82) is 0 Å². The van der Waals surface area contributed by atoms with Gasteiger partial charge in [-0.25, -0.2) is 4.98 Å². The number of nitrogens with two attached hydrogens (primary N) is 1. The molecule has 2 heterocycles. The van der Waals surface area contributed by atoms with Crippen LogP contribution >= 0.6 is 11.3 Å². The second-order valence-electron chi connectivity index (χ2n) is 4.35. The molecule has 0 spiro atoms. The molecule has 3 rings (SSSR count). The number of amides is 1. The van der Waals surface area contributed by atoms with Crippen molar-refractivity contribution in [3.8, 4) is 0 Å². The topological polar surface area (TPSA) is 68.0 Å². The summed E-state index contributed by atoms with van der Waals surface area (Å²) >= 11 is 1.36. The number of hydrogen-bond donors (Lipinski definition) is 2. The molecule has 1 amide bonds. The maximum Gasteiger partial charge on any atom is 0.263 e. The summed E-state index contributed by atoms with van der Waals surface area (Å²) in [5, 5.41) is 3.80. The average molecular weight is 247 g/mol. The van der Waals surface area contributed by atoms with Gasteiger partial charge in [-0.15, -0.1) is 11.3 Å². The molecule has 0 bridgehead atoms. The molecule has 1 saturated carbocycles. The lowest BCUT2D eigenvalue weighted by Crippen LogP contribution is -2.25. The zero-order chi connectivity index (χ0) is 11.8. The van der Waals surface area contributed by atoms with Gasteiger partial charge in [0.05, 0.1) is 5.69 Å². The van der Waals surface area contributed by atoms with E-state index in [1.807, 2.05) is 12.1 Å². The van der Waals surface area contributed by atoms with Crippen LogP contribution in [0.5, 0.6) is 0 Å². The minimum atomic E-state index is -0.0719. The Labute approximate surface area is 103 Å². The number of nitrogens with zero attached hydrogens (tertiary/aromatic N) is 1. The molecule has 1 aliphatic rings. The van der Waals surface area contributed by atoms with E-state index in [1.165, 1.54) is 24.2 Å². The van der Waals surface area contributed by atoms with E-state index in [0.29, 0.717) is 16.5 Å². The summed E-state index contributed by atoms with van der Waals surface area (Å²) in [6.07, 6.45) is 4.16. The summed E-state index contributed by atoms with van der Waals surface area (Å²) in [7, 11) is 0. The Morgan fingerprint density at radius 2 is 2.41 bits per heavy atom. The normalized spacial score (nSPS) is 15.1. The van der Waals surface area contributed by atoms with Crippen molar-refractivity contribution >= 4 is 33.1 Å². The van der Waals surface area contributed by atoms with E-state index in [0.717, 1.165) is 16.8 Å². The summed E-state index contributed by atoms with van der Waals surface area (Å²) in [4.78, 5) is 17.6. The highest BCUT2D eigenvalue weighted by atomic mass is 32.1. The quantitative estimate of drug-likeness (QED) is 0.872. The molecule has 0 aliphatic heterocycles. The Hall–Kier alpha value is -1.62. The average Bonchev–Trinajstić information content (AvgIpc) is 3.11. The van der Waals surface area contributed by atoms with Gasteiger partial charge in [0, 0.05) is 18.1 Å². The number of hydrogen-bond acceptors (Lipinski definition) is 4. The molecule has 17 heavy (non-hydrogen) atoms. The number of nitrogens with one attached hydrogen (secondary N) is 1. The van der Waals surface area contributed by atoms with Crippen LogP contribution in [0.4, 0.5) is 5.69 Å². The monoisotopic (exact) mass is 247 g/mol. The Bertz CT molecular complexity index is 574. The predicted octanol–water partition coefficient (Wildman–Crippen LogP) is 2.02. The van der Waals surface area contributed by atoms with Crippen LogP contribution in [-0.2, 0) is 0 Å². The molecule has 4 nitrogen and oxygen atoms in total. The molecular weight excluding hydrogens is 234 g/mol. The van der Waals surface area contributed by atoms with Crippen LogP contribution in [0.1, 0.15) is 22.5 Å². The lowest BCUT2D eigenvalue weighted by molar-refractivity contribution is 0.0956. The molecule has 1 aliphatic carbocycles. The highest BCUT2D eigenvalue weighted by Gasteiger charge is 2.23. The van der Waals surface area contributed by atoms with Crippen LogP contribution in [0.3, 0.4) is 0 Å². The van der Waals surface area contributed by atoms with Gasteiger partial charge in [0.1, 0.15) is 9.71 Å². The van der Waals surface area contributed by atoms with Crippen molar-refractivity contribution in [2.45, 2.75) is 12.8 Å². The van der Waals surface area contributed by atoms with E-state index < -0.39 is 0 Å². The number of aromatic nitrogens is 1. The van der Waals surface area contributed by atoms with E-state index in [-0.39, 0.29) is 5.91 Å². The van der Waals surface area contributed by atoms with Gasteiger partial charge in [-0.2, -0.15) is 0 Å².